The second-order valence-electron chi connectivity index (χ2n) is 5.96. The number of hydrogen-bond acceptors (Lipinski definition) is 5. The highest BCUT2D eigenvalue weighted by Gasteiger charge is 2.39. The van der Waals surface area contributed by atoms with Gasteiger partial charge in [0.15, 0.2) is 12.4 Å². The Hall–Kier alpha value is -1.59. The van der Waals surface area contributed by atoms with E-state index in [1.807, 2.05) is 18.2 Å². The first kappa shape index (κ1) is 16.3. The van der Waals surface area contributed by atoms with Crippen molar-refractivity contribution in [1.82, 2.24) is 10.1 Å². The minimum absolute atomic E-state index is 0.0118. The molecule has 0 aliphatic heterocycles. The fraction of sp³-hybridized carbons (Fsp3) is 0.529. The van der Waals surface area contributed by atoms with Crippen LogP contribution in [0.3, 0.4) is 0 Å². The van der Waals surface area contributed by atoms with Crippen molar-refractivity contribution in [2.75, 3.05) is 13.7 Å². The molecule has 1 saturated carbocycles. The van der Waals surface area contributed by atoms with Gasteiger partial charge in [-0.3, -0.25) is 0 Å². The predicted molar refractivity (Wildman–Crippen MR) is 86.7 cm³/mol. The largest absolute Gasteiger partial charge is 0.482 e. The van der Waals surface area contributed by atoms with Gasteiger partial charge >= 0.3 is 0 Å². The Labute approximate surface area is 140 Å². The second kappa shape index (κ2) is 7.32. The van der Waals surface area contributed by atoms with Crippen molar-refractivity contribution in [2.45, 2.75) is 44.1 Å². The molecule has 124 valence electrons. The molecular weight excluding hydrogens is 316 g/mol. The number of aromatic nitrogens is 2. The van der Waals surface area contributed by atoms with Crippen LogP contribution in [0.25, 0.3) is 0 Å². The van der Waals surface area contributed by atoms with Crippen molar-refractivity contribution in [1.29, 1.82) is 0 Å². The summed E-state index contributed by atoms with van der Waals surface area (Å²) in [6.07, 6.45) is 5.49. The summed E-state index contributed by atoms with van der Waals surface area (Å²) in [5, 5.41) is 4.77. The van der Waals surface area contributed by atoms with E-state index in [4.69, 9.17) is 25.6 Å². The molecule has 0 atom stereocenters. The topological polar surface area (TPSA) is 57.4 Å². The normalized spacial score (nSPS) is 16.6. The zero-order valence-electron chi connectivity index (χ0n) is 13.3. The van der Waals surface area contributed by atoms with Gasteiger partial charge in [0.25, 0.3) is 5.89 Å². The lowest BCUT2D eigenvalue weighted by Crippen LogP contribution is -2.25. The fourth-order valence-corrected chi connectivity index (χ4v) is 3.36. The lowest BCUT2D eigenvalue weighted by Gasteiger charge is -2.24. The lowest BCUT2D eigenvalue weighted by molar-refractivity contribution is 0.163. The molecule has 0 unspecified atom stereocenters. The standard InChI is InChI=1S/C17H21ClN2O3/c1-21-11-10-17(8-4-5-9-17)16-19-15(23-20-16)12-22-14-7-3-2-6-13(14)18/h2-3,6-7H,4-5,8-12H2,1H3. The van der Waals surface area contributed by atoms with Gasteiger partial charge in [-0.05, 0) is 31.4 Å². The first-order valence-corrected chi connectivity index (χ1v) is 8.31. The van der Waals surface area contributed by atoms with Gasteiger partial charge in [-0.15, -0.1) is 0 Å². The monoisotopic (exact) mass is 336 g/mol. The van der Waals surface area contributed by atoms with Crippen LogP contribution in [-0.2, 0) is 16.8 Å². The number of para-hydroxylation sites is 1. The van der Waals surface area contributed by atoms with E-state index in [1.54, 1.807) is 13.2 Å². The Morgan fingerprint density at radius 1 is 1.26 bits per heavy atom. The highest BCUT2D eigenvalue weighted by molar-refractivity contribution is 6.32. The van der Waals surface area contributed by atoms with Gasteiger partial charge in [-0.2, -0.15) is 4.98 Å². The average molecular weight is 337 g/mol. The van der Waals surface area contributed by atoms with Gasteiger partial charge in [0, 0.05) is 19.1 Å². The van der Waals surface area contributed by atoms with Crippen LogP contribution in [0.1, 0.15) is 43.8 Å². The summed E-state index contributed by atoms with van der Waals surface area (Å²) >= 11 is 6.07. The number of halogens is 1. The highest BCUT2D eigenvalue weighted by Crippen LogP contribution is 2.42. The summed E-state index contributed by atoms with van der Waals surface area (Å²) in [6.45, 7) is 0.928. The first-order valence-electron chi connectivity index (χ1n) is 7.93. The Morgan fingerprint density at radius 2 is 2.04 bits per heavy atom. The summed E-state index contributed by atoms with van der Waals surface area (Å²) in [7, 11) is 1.72. The second-order valence-corrected chi connectivity index (χ2v) is 6.37. The summed E-state index contributed by atoms with van der Waals surface area (Å²) < 4.78 is 16.3. The van der Waals surface area contributed by atoms with E-state index in [-0.39, 0.29) is 12.0 Å². The van der Waals surface area contributed by atoms with Gasteiger partial charge < -0.3 is 14.0 Å². The third kappa shape index (κ3) is 3.67. The number of nitrogens with zero attached hydrogens (tertiary/aromatic N) is 2. The maximum atomic E-state index is 6.07. The summed E-state index contributed by atoms with van der Waals surface area (Å²) in [5.41, 5.74) is -0.0118. The number of ether oxygens (including phenoxy) is 2. The van der Waals surface area contributed by atoms with Crippen LogP contribution in [0, 0.1) is 0 Å². The molecule has 1 heterocycles. The van der Waals surface area contributed by atoms with Crippen molar-refractivity contribution in [3.05, 3.63) is 41.0 Å². The molecule has 3 rings (SSSR count). The maximum absolute atomic E-state index is 6.07. The Morgan fingerprint density at radius 3 is 2.78 bits per heavy atom. The van der Waals surface area contributed by atoms with Gasteiger partial charge in [-0.1, -0.05) is 41.7 Å². The van der Waals surface area contributed by atoms with Gasteiger partial charge in [0.05, 0.1) is 5.02 Å². The van der Waals surface area contributed by atoms with E-state index in [2.05, 4.69) is 10.1 Å². The van der Waals surface area contributed by atoms with Crippen LogP contribution >= 0.6 is 11.6 Å². The van der Waals surface area contributed by atoms with Gasteiger partial charge in [0.2, 0.25) is 0 Å². The minimum atomic E-state index is -0.0118. The highest BCUT2D eigenvalue weighted by atomic mass is 35.5. The van der Waals surface area contributed by atoms with Crippen LogP contribution in [0.4, 0.5) is 0 Å². The quantitative estimate of drug-likeness (QED) is 0.760. The maximum Gasteiger partial charge on any atom is 0.264 e. The van der Waals surface area contributed by atoms with Crippen LogP contribution in [0.5, 0.6) is 5.75 Å². The van der Waals surface area contributed by atoms with Crippen LogP contribution < -0.4 is 4.74 Å². The molecule has 23 heavy (non-hydrogen) atoms. The summed E-state index contributed by atoms with van der Waals surface area (Å²) in [5.74, 6) is 1.87. The number of methoxy groups -OCH3 is 1. The number of benzene rings is 1. The van der Waals surface area contributed by atoms with E-state index in [0.717, 1.165) is 25.1 Å². The van der Waals surface area contributed by atoms with Crippen LogP contribution in [0.2, 0.25) is 5.02 Å². The van der Waals surface area contributed by atoms with E-state index >= 15 is 0 Å². The molecule has 1 fully saturated rings. The summed E-state index contributed by atoms with van der Waals surface area (Å²) in [4.78, 5) is 4.56. The van der Waals surface area contributed by atoms with Crippen molar-refractivity contribution >= 4 is 11.6 Å². The Bertz CT molecular complexity index is 638. The van der Waals surface area contributed by atoms with Crippen molar-refractivity contribution in [3.8, 4) is 5.75 Å². The SMILES string of the molecule is COCCC1(c2noc(COc3ccccc3Cl)n2)CCCC1. The molecular formula is C17H21ClN2O3. The number of rotatable bonds is 7. The van der Waals surface area contributed by atoms with E-state index in [1.165, 1.54) is 12.8 Å². The Kier molecular flexibility index (Phi) is 5.18. The van der Waals surface area contributed by atoms with Crippen molar-refractivity contribution < 1.29 is 14.0 Å². The van der Waals surface area contributed by atoms with Crippen LogP contribution in [-0.4, -0.2) is 23.9 Å². The molecule has 2 aromatic rings. The third-order valence-corrected chi connectivity index (χ3v) is 4.79. The molecule has 0 amide bonds. The van der Waals surface area contributed by atoms with Gasteiger partial charge in [0.1, 0.15) is 5.75 Å². The Balaban J connectivity index is 1.68. The van der Waals surface area contributed by atoms with Crippen molar-refractivity contribution in [3.63, 3.8) is 0 Å². The smallest absolute Gasteiger partial charge is 0.264 e. The molecule has 1 aromatic heterocycles. The summed E-state index contributed by atoms with van der Waals surface area (Å²) in [6, 6.07) is 7.34. The van der Waals surface area contributed by atoms with E-state index < -0.39 is 0 Å². The minimum Gasteiger partial charge on any atom is -0.482 e. The molecule has 5 nitrogen and oxygen atoms in total. The zero-order valence-corrected chi connectivity index (χ0v) is 14.0. The molecule has 0 spiro atoms. The predicted octanol–water partition coefficient (Wildman–Crippen LogP) is 4.15. The number of hydrogen-bond donors (Lipinski definition) is 0. The first-order chi connectivity index (χ1) is 11.2. The fourth-order valence-electron chi connectivity index (χ4n) is 3.16. The van der Waals surface area contributed by atoms with E-state index in [9.17, 15) is 0 Å². The molecule has 0 saturated heterocycles. The lowest BCUT2D eigenvalue weighted by atomic mass is 9.82. The van der Waals surface area contributed by atoms with Gasteiger partial charge in [-0.25, -0.2) is 0 Å². The average Bonchev–Trinajstić information content (AvgIpc) is 3.22. The molecule has 1 aliphatic carbocycles. The molecule has 6 heteroatoms. The zero-order chi connectivity index (χ0) is 16.1. The van der Waals surface area contributed by atoms with Crippen LogP contribution in [0.15, 0.2) is 28.8 Å². The molecule has 1 aliphatic rings. The van der Waals surface area contributed by atoms with E-state index in [0.29, 0.717) is 23.3 Å². The molecule has 0 N–H and O–H groups in total. The van der Waals surface area contributed by atoms with Crippen molar-refractivity contribution in [2.24, 2.45) is 0 Å². The molecule has 0 bridgehead atoms. The third-order valence-electron chi connectivity index (χ3n) is 4.48. The molecule has 0 radical (unpaired) electrons. The molecule has 1 aromatic carbocycles.